The van der Waals surface area contributed by atoms with E-state index in [4.69, 9.17) is 16.3 Å². The van der Waals surface area contributed by atoms with Crippen molar-refractivity contribution in [3.05, 3.63) is 64.8 Å². The second-order valence-corrected chi connectivity index (χ2v) is 8.74. The molecule has 1 fully saturated rings. The first-order valence-electron chi connectivity index (χ1n) is 10.9. The van der Waals surface area contributed by atoms with Crippen LogP contribution in [0.2, 0.25) is 0 Å². The summed E-state index contributed by atoms with van der Waals surface area (Å²) in [6, 6.07) is 16.1. The number of halogens is 1. The lowest BCUT2D eigenvalue weighted by Crippen LogP contribution is -2.47. The zero-order valence-corrected chi connectivity index (χ0v) is 18.7. The Balaban J connectivity index is 1.61. The number of benzene rings is 2. The Morgan fingerprint density at radius 3 is 2.66 bits per heavy atom. The Labute approximate surface area is 192 Å². The molecule has 7 heteroatoms. The third kappa shape index (κ3) is 3.52. The van der Waals surface area contributed by atoms with Crippen LogP contribution in [-0.4, -0.2) is 54.0 Å². The quantitative estimate of drug-likeness (QED) is 0.615. The van der Waals surface area contributed by atoms with Crippen molar-refractivity contribution in [1.29, 1.82) is 5.26 Å². The van der Waals surface area contributed by atoms with Crippen molar-refractivity contribution in [2.75, 3.05) is 37.1 Å². The number of ether oxygens (including phenoxy) is 1. The van der Waals surface area contributed by atoms with Crippen molar-refractivity contribution < 1.29 is 9.53 Å². The first-order chi connectivity index (χ1) is 15.6. The van der Waals surface area contributed by atoms with E-state index in [2.05, 4.69) is 47.1 Å². The molecule has 0 spiro atoms. The van der Waals surface area contributed by atoms with E-state index in [0.717, 1.165) is 60.6 Å². The molecule has 2 aromatic carbocycles. The lowest BCUT2D eigenvalue weighted by molar-refractivity contribution is -0.133. The summed E-state index contributed by atoms with van der Waals surface area (Å²) in [5, 5.41) is 10.4. The molecule has 1 amide bonds. The summed E-state index contributed by atoms with van der Waals surface area (Å²) in [4.78, 5) is 20.7. The number of amides is 1. The maximum Gasteiger partial charge on any atom is 0.238 e. The van der Waals surface area contributed by atoms with E-state index in [0.29, 0.717) is 5.56 Å². The highest BCUT2D eigenvalue weighted by Crippen LogP contribution is 2.41. The topological polar surface area (TPSA) is 72.4 Å². The number of fused-ring (bicyclic) bond motifs is 3. The zero-order valence-electron chi connectivity index (χ0n) is 18.0. The number of H-pyrrole nitrogens is 1. The molecule has 1 N–H and O–H groups in total. The van der Waals surface area contributed by atoms with Crippen LogP contribution in [-0.2, 0) is 16.0 Å². The van der Waals surface area contributed by atoms with Gasteiger partial charge in [-0.15, -0.1) is 11.6 Å². The molecule has 3 heterocycles. The first-order valence-corrected chi connectivity index (χ1v) is 11.5. The van der Waals surface area contributed by atoms with Gasteiger partial charge in [0.1, 0.15) is 5.88 Å². The molecule has 0 aliphatic carbocycles. The van der Waals surface area contributed by atoms with Crippen molar-refractivity contribution in [2.45, 2.75) is 25.4 Å². The van der Waals surface area contributed by atoms with Crippen molar-refractivity contribution in [3.8, 4) is 6.07 Å². The van der Waals surface area contributed by atoms with Gasteiger partial charge in [-0.2, -0.15) is 5.26 Å². The minimum absolute atomic E-state index is 0.0117. The van der Waals surface area contributed by atoms with E-state index >= 15 is 0 Å². The minimum atomic E-state index is -0.253. The van der Waals surface area contributed by atoms with Crippen LogP contribution in [0.15, 0.2) is 42.5 Å². The lowest BCUT2D eigenvalue weighted by Gasteiger charge is -2.41. The molecule has 1 aromatic heterocycles. The highest BCUT2D eigenvalue weighted by Gasteiger charge is 2.38. The van der Waals surface area contributed by atoms with Crippen LogP contribution in [0, 0.1) is 11.3 Å². The van der Waals surface area contributed by atoms with Crippen LogP contribution in [0.5, 0.6) is 0 Å². The van der Waals surface area contributed by atoms with Crippen LogP contribution in [0.4, 0.5) is 5.69 Å². The third-order valence-corrected chi connectivity index (χ3v) is 6.81. The summed E-state index contributed by atoms with van der Waals surface area (Å²) < 4.78 is 5.47. The van der Waals surface area contributed by atoms with Crippen molar-refractivity contribution in [1.82, 2.24) is 9.88 Å². The molecule has 0 bridgehead atoms. The Morgan fingerprint density at radius 2 is 1.97 bits per heavy atom. The number of carbonyl (C=O) groups is 1. The first kappa shape index (κ1) is 20.9. The fraction of sp³-hybridized carbons (Fsp3) is 0.360. The van der Waals surface area contributed by atoms with E-state index in [1.165, 1.54) is 5.56 Å². The fourth-order valence-electron chi connectivity index (χ4n) is 5.05. The van der Waals surface area contributed by atoms with Gasteiger partial charge < -0.3 is 19.5 Å². The van der Waals surface area contributed by atoms with E-state index < -0.39 is 0 Å². The van der Waals surface area contributed by atoms with E-state index in [-0.39, 0.29) is 23.9 Å². The highest BCUT2D eigenvalue weighted by molar-refractivity contribution is 6.27. The molecule has 0 unspecified atom stereocenters. The number of hydrogen-bond acceptors (Lipinski definition) is 4. The summed E-state index contributed by atoms with van der Waals surface area (Å²) in [6.45, 7) is 5.30. The molecule has 2 atom stereocenters. The summed E-state index contributed by atoms with van der Waals surface area (Å²) in [5.74, 6) is -0.135. The molecule has 0 radical (unpaired) electrons. The van der Waals surface area contributed by atoms with Gasteiger partial charge in [0.05, 0.1) is 30.9 Å². The molecule has 3 aromatic rings. The normalized spacial score (nSPS) is 20.8. The summed E-state index contributed by atoms with van der Waals surface area (Å²) in [5.41, 5.74) is 6.00. The largest absolute Gasteiger partial charge is 0.378 e. The predicted octanol–water partition coefficient (Wildman–Crippen LogP) is 3.98. The smallest absolute Gasteiger partial charge is 0.238 e. The number of aromatic amines is 1. The number of morpholine rings is 1. The number of carbonyl (C=O) groups excluding carboxylic acids is 1. The second-order valence-electron chi connectivity index (χ2n) is 8.47. The molecule has 164 valence electrons. The van der Waals surface area contributed by atoms with Crippen LogP contribution in [0.1, 0.15) is 35.3 Å². The highest BCUT2D eigenvalue weighted by atomic mass is 35.5. The van der Waals surface area contributed by atoms with Crippen LogP contribution in [0.3, 0.4) is 0 Å². The average Bonchev–Trinajstić information content (AvgIpc) is 3.20. The Kier molecular flexibility index (Phi) is 5.54. The maximum atomic E-state index is 12.9. The molecule has 2 aliphatic rings. The molecular weight excluding hydrogens is 424 g/mol. The van der Waals surface area contributed by atoms with Gasteiger partial charge in [0.15, 0.2) is 0 Å². The van der Waals surface area contributed by atoms with Gasteiger partial charge in [-0.05, 0) is 54.8 Å². The Bertz CT molecular complexity index is 1190. The SMILES string of the molecule is C[C@H]1Cc2c([nH]c3ccc(C#N)cc23)[C@H](c2ccc(N3CCOCC3)cc2)N1C(=O)CCl. The van der Waals surface area contributed by atoms with Crippen LogP contribution >= 0.6 is 11.6 Å². The number of hydrogen-bond donors (Lipinski definition) is 1. The second kappa shape index (κ2) is 8.50. The average molecular weight is 449 g/mol. The molecule has 5 rings (SSSR count). The number of alkyl halides is 1. The molecule has 32 heavy (non-hydrogen) atoms. The summed E-state index contributed by atoms with van der Waals surface area (Å²) >= 11 is 6.02. The van der Waals surface area contributed by atoms with E-state index in [1.807, 2.05) is 23.1 Å². The fourth-order valence-corrected chi connectivity index (χ4v) is 5.19. The minimum Gasteiger partial charge on any atom is -0.378 e. The van der Waals surface area contributed by atoms with Crippen LogP contribution < -0.4 is 4.90 Å². The van der Waals surface area contributed by atoms with Crippen molar-refractivity contribution >= 4 is 34.1 Å². The van der Waals surface area contributed by atoms with Gasteiger partial charge in [0.25, 0.3) is 0 Å². The van der Waals surface area contributed by atoms with E-state index in [9.17, 15) is 10.1 Å². The Hall–Kier alpha value is -3.01. The van der Waals surface area contributed by atoms with Gasteiger partial charge >= 0.3 is 0 Å². The molecule has 2 aliphatic heterocycles. The van der Waals surface area contributed by atoms with E-state index in [1.54, 1.807) is 0 Å². The lowest BCUT2D eigenvalue weighted by atomic mass is 9.88. The summed E-state index contributed by atoms with van der Waals surface area (Å²) in [6.07, 6.45) is 0.717. The van der Waals surface area contributed by atoms with Crippen LogP contribution in [0.25, 0.3) is 10.9 Å². The molecular formula is C25H25ClN4O2. The van der Waals surface area contributed by atoms with Gasteiger partial charge in [-0.3, -0.25) is 4.79 Å². The van der Waals surface area contributed by atoms with Gasteiger partial charge in [-0.1, -0.05) is 12.1 Å². The molecule has 1 saturated heterocycles. The third-order valence-electron chi connectivity index (χ3n) is 6.58. The van der Waals surface area contributed by atoms with Crippen molar-refractivity contribution in [3.63, 3.8) is 0 Å². The Morgan fingerprint density at radius 1 is 1.22 bits per heavy atom. The molecule has 6 nitrogen and oxygen atoms in total. The van der Waals surface area contributed by atoms with Gasteiger partial charge in [0, 0.05) is 41.4 Å². The number of rotatable bonds is 3. The number of nitriles is 1. The summed E-state index contributed by atoms with van der Waals surface area (Å²) in [7, 11) is 0. The predicted molar refractivity (Wildman–Crippen MR) is 125 cm³/mol. The van der Waals surface area contributed by atoms with Gasteiger partial charge in [0.2, 0.25) is 5.91 Å². The number of aromatic nitrogens is 1. The maximum absolute atomic E-state index is 12.9. The standard InChI is InChI=1S/C25H25ClN4O2/c1-16-12-21-20-13-17(15-27)2-7-22(20)28-24(21)25(30(16)23(31)14-26)18-3-5-19(6-4-18)29-8-10-32-11-9-29/h2-7,13,16,25,28H,8-12,14H2,1H3/t16-,25-/m0/s1. The number of nitrogens with one attached hydrogen (secondary N) is 1. The van der Waals surface area contributed by atoms with Gasteiger partial charge in [-0.25, -0.2) is 0 Å². The van der Waals surface area contributed by atoms with Crippen molar-refractivity contribution in [2.24, 2.45) is 0 Å². The molecule has 0 saturated carbocycles. The zero-order chi connectivity index (χ0) is 22.2. The number of nitrogens with zero attached hydrogens (tertiary/aromatic N) is 3. The number of anilines is 1. The monoisotopic (exact) mass is 448 g/mol.